The lowest BCUT2D eigenvalue weighted by Crippen LogP contribution is -3.11. The summed E-state index contributed by atoms with van der Waals surface area (Å²) in [6, 6.07) is 7.90. The van der Waals surface area contributed by atoms with Crippen molar-refractivity contribution in [2.75, 3.05) is 25.5 Å². The van der Waals surface area contributed by atoms with Crippen molar-refractivity contribution >= 4 is 17.5 Å². The largest absolute Gasteiger partial charge is 0.333 e. The SMILES string of the molecule is Cc1cccc(NC(=O)C[NH+](C)CC(=O)N[C@](C)(C#N)C(C)C)c1C. The zero-order valence-electron chi connectivity index (χ0n) is 16.0. The van der Waals surface area contributed by atoms with E-state index < -0.39 is 5.54 Å². The number of benzene rings is 1. The van der Waals surface area contributed by atoms with Crippen molar-refractivity contribution in [2.45, 2.75) is 40.2 Å². The normalized spacial score (nSPS) is 14.3. The van der Waals surface area contributed by atoms with Gasteiger partial charge >= 0.3 is 0 Å². The molecule has 0 aromatic heterocycles. The molecule has 1 aromatic carbocycles. The van der Waals surface area contributed by atoms with E-state index in [4.69, 9.17) is 0 Å². The smallest absolute Gasteiger partial charge is 0.279 e. The van der Waals surface area contributed by atoms with E-state index in [2.05, 4.69) is 16.7 Å². The van der Waals surface area contributed by atoms with Crippen molar-refractivity contribution in [3.05, 3.63) is 29.3 Å². The standard InChI is InChI=1S/C19H28N4O2/c1-13(2)19(5,12-20)22-18(25)11-23(6)10-17(24)21-16-9-7-8-14(3)15(16)4/h7-9,13H,10-11H2,1-6H3,(H,21,24)(H,22,25)/p+1/t19-/m1/s1. The summed E-state index contributed by atoms with van der Waals surface area (Å²) >= 11 is 0. The van der Waals surface area contributed by atoms with Gasteiger partial charge in [0, 0.05) is 5.69 Å². The van der Waals surface area contributed by atoms with Gasteiger partial charge in [-0.15, -0.1) is 0 Å². The molecule has 0 aliphatic rings. The van der Waals surface area contributed by atoms with E-state index in [0.29, 0.717) is 0 Å². The third-order valence-corrected chi connectivity index (χ3v) is 4.59. The third-order valence-electron chi connectivity index (χ3n) is 4.59. The summed E-state index contributed by atoms with van der Waals surface area (Å²) in [5.41, 5.74) is 2.03. The number of hydrogen-bond donors (Lipinski definition) is 3. The average molecular weight is 345 g/mol. The van der Waals surface area contributed by atoms with Crippen molar-refractivity contribution in [1.82, 2.24) is 5.32 Å². The molecule has 3 N–H and O–H groups in total. The number of carbonyl (C=O) groups is 2. The molecule has 1 unspecified atom stereocenters. The lowest BCUT2D eigenvalue weighted by Gasteiger charge is -2.27. The lowest BCUT2D eigenvalue weighted by atomic mass is 9.90. The molecule has 0 heterocycles. The van der Waals surface area contributed by atoms with E-state index in [0.717, 1.165) is 21.7 Å². The van der Waals surface area contributed by atoms with E-state index >= 15 is 0 Å². The topological polar surface area (TPSA) is 86.4 Å². The van der Waals surface area contributed by atoms with Crippen LogP contribution in [0.15, 0.2) is 18.2 Å². The molecule has 0 saturated heterocycles. The van der Waals surface area contributed by atoms with Crippen LogP contribution in [-0.4, -0.2) is 37.5 Å². The Morgan fingerprint density at radius 2 is 1.84 bits per heavy atom. The highest BCUT2D eigenvalue weighted by atomic mass is 16.2. The van der Waals surface area contributed by atoms with Crippen molar-refractivity contribution in [3.8, 4) is 6.07 Å². The summed E-state index contributed by atoms with van der Waals surface area (Å²) in [5, 5.41) is 14.9. The van der Waals surface area contributed by atoms with Gasteiger partial charge in [0.2, 0.25) is 0 Å². The van der Waals surface area contributed by atoms with Crippen molar-refractivity contribution in [3.63, 3.8) is 0 Å². The molecular formula is C19H29N4O2+. The second-order valence-corrected chi connectivity index (χ2v) is 7.12. The monoisotopic (exact) mass is 345 g/mol. The maximum atomic E-state index is 12.2. The Balaban J connectivity index is 2.57. The number of likely N-dealkylation sites (N-methyl/N-ethyl adjacent to an activating group) is 1. The van der Waals surface area contributed by atoms with Crippen LogP contribution in [-0.2, 0) is 9.59 Å². The fraction of sp³-hybridized carbons (Fsp3) is 0.526. The maximum absolute atomic E-state index is 12.2. The molecule has 1 rings (SSSR count). The van der Waals surface area contributed by atoms with Gasteiger partial charge in [-0.05, 0) is 43.9 Å². The molecule has 1 aromatic rings. The van der Waals surface area contributed by atoms with Crippen LogP contribution in [0.2, 0.25) is 0 Å². The first-order chi connectivity index (χ1) is 11.6. The highest BCUT2D eigenvalue weighted by molar-refractivity contribution is 5.92. The van der Waals surface area contributed by atoms with Gasteiger partial charge in [0.1, 0.15) is 5.54 Å². The summed E-state index contributed by atoms with van der Waals surface area (Å²) in [6.45, 7) is 9.74. The third kappa shape index (κ3) is 5.87. The number of quaternary nitrogens is 1. The van der Waals surface area contributed by atoms with Crippen molar-refractivity contribution in [1.29, 1.82) is 5.26 Å². The molecular weight excluding hydrogens is 316 g/mol. The highest BCUT2D eigenvalue weighted by Gasteiger charge is 2.31. The first-order valence-corrected chi connectivity index (χ1v) is 8.48. The summed E-state index contributed by atoms with van der Waals surface area (Å²) < 4.78 is 0. The molecule has 25 heavy (non-hydrogen) atoms. The minimum absolute atomic E-state index is 0.00523. The molecule has 0 fully saturated rings. The summed E-state index contributed by atoms with van der Waals surface area (Å²) in [6.07, 6.45) is 0. The number of carbonyl (C=O) groups excluding carboxylic acids is 2. The van der Waals surface area contributed by atoms with Gasteiger partial charge in [0.15, 0.2) is 13.1 Å². The first kappa shape index (κ1) is 20.7. The molecule has 2 amide bonds. The quantitative estimate of drug-likeness (QED) is 0.683. The maximum Gasteiger partial charge on any atom is 0.279 e. The Morgan fingerprint density at radius 3 is 2.40 bits per heavy atom. The van der Waals surface area contributed by atoms with Crippen LogP contribution in [0.3, 0.4) is 0 Å². The number of nitrogens with zero attached hydrogens (tertiary/aromatic N) is 1. The second-order valence-electron chi connectivity index (χ2n) is 7.12. The Morgan fingerprint density at radius 1 is 1.24 bits per heavy atom. The Labute approximate surface area is 150 Å². The molecule has 0 aliphatic heterocycles. The van der Waals surface area contributed by atoms with Gasteiger partial charge in [0.25, 0.3) is 11.8 Å². The second kappa shape index (κ2) is 8.63. The molecule has 0 spiro atoms. The Bertz CT molecular complexity index is 678. The van der Waals surface area contributed by atoms with Gasteiger partial charge in [-0.2, -0.15) is 5.26 Å². The molecule has 6 nitrogen and oxygen atoms in total. The first-order valence-electron chi connectivity index (χ1n) is 8.48. The number of amides is 2. The number of hydrogen-bond acceptors (Lipinski definition) is 3. The number of nitriles is 1. The Hall–Kier alpha value is -2.39. The van der Waals surface area contributed by atoms with Crippen LogP contribution in [0.1, 0.15) is 31.9 Å². The molecule has 6 heteroatoms. The van der Waals surface area contributed by atoms with E-state index in [1.165, 1.54) is 0 Å². The average Bonchev–Trinajstić information content (AvgIpc) is 2.50. The van der Waals surface area contributed by atoms with Gasteiger partial charge < -0.3 is 15.5 Å². The van der Waals surface area contributed by atoms with Gasteiger partial charge in [-0.25, -0.2) is 0 Å². The van der Waals surface area contributed by atoms with Crippen LogP contribution in [0, 0.1) is 31.1 Å². The summed E-state index contributed by atoms with van der Waals surface area (Å²) in [5.74, 6) is -0.393. The lowest BCUT2D eigenvalue weighted by molar-refractivity contribution is -0.862. The Kier molecular flexibility index (Phi) is 7.13. The predicted molar refractivity (Wildman–Crippen MR) is 98.2 cm³/mol. The zero-order valence-corrected chi connectivity index (χ0v) is 16.0. The summed E-state index contributed by atoms with van der Waals surface area (Å²) in [7, 11) is 1.78. The van der Waals surface area contributed by atoms with Crippen LogP contribution in [0.4, 0.5) is 5.69 Å². The van der Waals surface area contributed by atoms with Crippen molar-refractivity contribution in [2.24, 2.45) is 5.92 Å². The highest BCUT2D eigenvalue weighted by Crippen LogP contribution is 2.17. The van der Waals surface area contributed by atoms with E-state index in [-0.39, 0.29) is 30.8 Å². The molecule has 0 bridgehead atoms. The van der Waals surface area contributed by atoms with Crippen molar-refractivity contribution < 1.29 is 14.5 Å². The number of nitrogens with one attached hydrogen (secondary N) is 3. The van der Waals surface area contributed by atoms with E-state index in [1.807, 2.05) is 45.9 Å². The molecule has 2 atom stereocenters. The predicted octanol–water partition coefficient (Wildman–Crippen LogP) is 0.811. The fourth-order valence-electron chi connectivity index (χ4n) is 2.33. The zero-order chi connectivity index (χ0) is 19.2. The van der Waals surface area contributed by atoms with E-state index in [9.17, 15) is 14.9 Å². The number of aryl methyl sites for hydroxylation is 1. The molecule has 0 saturated carbocycles. The van der Waals surface area contributed by atoms with Gasteiger partial charge in [0.05, 0.1) is 13.1 Å². The van der Waals surface area contributed by atoms with Gasteiger partial charge in [-0.1, -0.05) is 26.0 Å². The number of anilines is 1. The van der Waals surface area contributed by atoms with Gasteiger partial charge in [-0.3, -0.25) is 9.59 Å². The fourth-order valence-corrected chi connectivity index (χ4v) is 2.33. The van der Waals surface area contributed by atoms with E-state index in [1.54, 1.807) is 14.0 Å². The van der Waals surface area contributed by atoms with Crippen LogP contribution in [0.25, 0.3) is 0 Å². The minimum Gasteiger partial charge on any atom is -0.333 e. The molecule has 0 radical (unpaired) electrons. The minimum atomic E-state index is -0.904. The van der Waals surface area contributed by atoms with Crippen LogP contribution >= 0.6 is 0 Å². The van der Waals surface area contributed by atoms with Crippen LogP contribution < -0.4 is 15.5 Å². The summed E-state index contributed by atoms with van der Waals surface area (Å²) in [4.78, 5) is 25.1. The molecule has 0 aliphatic carbocycles. The number of rotatable bonds is 7. The molecule has 136 valence electrons. The van der Waals surface area contributed by atoms with Crippen LogP contribution in [0.5, 0.6) is 0 Å².